The van der Waals surface area contributed by atoms with Crippen molar-refractivity contribution in [3.05, 3.63) is 33.8 Å². The highest BCUT2D eigenvalue weighted by Crippen LogP contribution is 2.35. The SMILES string of the molecule is CN1CCC(C)(CNC2CCc3cc(Br)ccc32)CC1. The van der Waals surface area contributed by atoms with Gasteiger partial charge in [-0.15, -0.1) is 0 Å². The van der Waals surface area contributed by atoms with E-state index in [-0.39, 0.29) is 0 Å². The van der Waals surface area contributed by atoms with Gasteiger partial charge in [0.2, 0.25) is 0 Å². The predicted octanol–water partition coefficient (Wildman–Crippen LogP) is 3.76. The maximum Gasteiger partial charge on any atom is 0.0326 e. The summed E-state index contributed by atoms with van der Waals surface area (Å²) in [5, 5.41) is 3.85. The van der Waals surface area contributed by atoms with E-state index < -0.39 is 0 Å². The van der Waals surface area contributed by atoms with Gasteiger partial charge in [-0.2, -0.15) is 0 Å². The standard InChI is InChI=1S/C17H25BrN2/c1-17(7-9-20(2)10-8-17)12-19-16-6-3-13-11-14(18)4-5-15(13)16/h4-5,11,16,19H,3,6-10,12H2,1-2H3. The molecule has 1 heterocycles. The van der Waals surface area contributed by atoms with Crippen molar-refractivity contribution in [2.24, 2.45) is 5.41 Å². The summed E-state index contributed by atoms with van der Waals surface area (Å²) >= 11 is 3.58. The van der Waals surface area contributed by atoms with Crippen molar-refractivity contribution in [1.29, 1.82) is 0 Å². The van der Waals surface area contributed by atoms with Crippen LogP contribution in [0.3, 0.4) is 0 Å². The van der Waals surface area contributed by atoms with Crippen LogP contribution in [0.4, 0.5) is 0 Å². The molecule has 1 aliphatic heterocycles. The molecule has 3 rings (SSSR count). The number of fused-ring (bicyclic) bond motifs is 1. The third kappa shape index (κ3) is 3.10. The number of benzene rings is 1. The van der Waals surface area contributed by atoms with E-state index in [2.05, 4.69) is 58.3 Å². The Morgan fingerprint density at radius 2 is 2.10 bits per heavy atom. The average Bonchev–Trinajstić information content (AvgIpc) is 2.83. The molecule has 0 radical (unpaired) electrons. The van der Waals surface area contributed by atoms with Crippen LogP contribution in [0.25, 0.3) is 0 Å². The molecule has 0 amide bonds. The molecular weight excluding hydrogens is 312 g/mol. The Bertz CT molecular complexity index is 478. The summed E-state index contributed by atoms with van der Waals surface area (Å²) in [6, 6.07) is 7.32. The average molecular weight is 337 g/mol. The van der Waals surface area contributed by atoms with E-state index in [9.17, 15) is 0 Å². The molecule has 1 saturated heterocycles. The lowest BCUT2D eigenvalue weighted by Gasteiger charge is -2.38. The van der Waals surface area contributed by atoms with Crippen LogP contribution in [0.1, 0.15) is 43.4 Å². The van der Waals surface area contributed by atoms with Gasteiger partial charge >= 0.3 is 0 Å². The van der Waals surface area contributed by atoms with Gasteiger partial charge in [0.15, 0.2) is 0 Å². The van der Waals surface area contributed by atoms with E-state index in [0.717, 1.165) is 6.54 Å². The van der Waals surface area contributed by atoms with Gasteiger partial charge in [0.05, 0.1) is 0 Å². The van der Waals surface area contributed by atoms with Gasteiger partial charge in [-0.25, -0.2) is 0 Å². The van der Waals surface area contributed by atoms with Crippen LogP contribution in [0.15, 0.2) is 22.7 Å². The molecule has 20 heavy (non-hydrogen) atoms. The van der Waals surface area contributed by atoms with Crippen molar-refractivity contribution in [2.45, 2.75) is 38.6 Å². The van der Waals surface area contributed by atoms with E-state index >= 15 is 0 Å². The number of nitrogens with zero attached hydrogens (tertiary/aromatic N) is 1. The first-order valence-corrected chi connectivity index (χ1v) is 8.55. The number of hydrogen-bond acceptors (Lipinski definition) is 2. The van der Waals surface area contributed by atoms with Gasteiger partial charge in [-0.1, -0.05) is 28.9 Å². The molecule has 1 atom stereocenters. The lowest BCUT2D eigenvalue weighted by molar-refractivity contribution is 0.133. The molecule has 0 spiro atoms. The Morgan fingerprint density at radius 3 is 2.85 bits per heavy atom. The Hall–Kier alpha value is -0.380. The van der Waals surface area contributed by atoms with Gasteiger partial charge in [0.1, 0.15) is 0 Å². The molecular formula is C17H25BrN2. The maximum atomic E-state index is 3.85. The molecule has 3 heteroatoms. The fraction of sp³-hybridized carbons (Fsp3) is 0.647. The van der Waals surface area contributed by atoms with Crippen LogP contribution in [0.5, 0.6) is 0 Å². The number of likely N-dealkylation sites (tertiary alicyclic amines) is 1. The molecule has 2 aliphatic rings. The molecule has 1 N–H and O–H groups in total. The molecule has 2 nitrogen and oxygen atoms in total. The summed E-state index contributed by atoms with van der Waals surface area (Å²) in [5.74, 6) is 0. The zero-order valence-electron chi connectivity index (χ0n) is 12.6. The molecule has 1 aromatic carbocycles. The summed E-state index contributed by atoms with van der Waals surface area (Å²) in [7, 11) is 2.23. The molecule has 0 saturated carbocycles. The normalized spacial score (nSPS) is 25.6. The van der Waals surface area contributed by atoms with Crippen molar-refractivity contribution in [1.82, 2.24) is 10.2 Å². The minimum Gasteiger partial charge on any atom is -0.309 e. The second kappa shape index (κ2) is 5.78. The fourth-order valence-corrected chi connectivity index (χ4v) is 3.91. The zero-order chi connectivity index (χ0) is 14.2. The van der Waals surface area contributed by atoms with Crippen LogP contribution >= 0.6 is 15.9 Å². The summed E-state index contributed by atoms with van der Waals surface area (Å²) in [6.07, 6.45) is 5.10. The van der Waals surface area contributed by atoms with E-state index in [1.54, 1.807) is 0 Å². The van der Waals surface area contributed by atoms with Crippen LogP contribution in [0, 0.1) is 5.41 Å². The number of nitrogens with one attached hydrogen (secondary N) is 1. The van der Waals surface area contributed by atoms with Crippen molar-refractivity contribution in [3.8, 4) is 0 Å². The molecule has 1 aromatic rings. The van der Waals surface area contributed by atoms with Gasteiger partial charge in [0.25, 0.3) is 0 Å². The van der Waals surface area contributed by atoms with Crippen molar-refractivity contribution >= 4 is 15.9 Å². The molecule has 1 unspecified atom stereocenters. The lowest BCUT2D eigenvalue weighted by atomic mass is 9.80. The Balaban J connectivity index is 1.60. The second-order valence-electron chi connectivity index (χ2n) is 6.93. The van der Waals surface area contributed by atoms with Crippen molar-refractivity contribution in [2.75, 3.05) is 26.7 Å². The fourth-order valence-electron chi connectivity index (χ4n) is 3.50. The van der Waals surface area contributed by atoms with Gasteiger partial charge < -0.3 is 10.2 Å². The highest BCUT2D eigenvalue weighted by molar-refractivity contribution is 9.10. The smallest absolute Gasteiger partial charge is 0.0326 e. The number of halogens is 1. The van der Waals surface area contributed by atoms with Crippen LogP contribution in [0.2, 0.25) is 0 Å². The molecule has 1 aliphatic carbocycles. The van der Waals surface area contributed by atoms with Crippen LogP contribution < -0.4 is 5.32 Å². The third-order valence-corrected chi connectivity index (χ3v) is 5.65. The summed E-state index contributed by atoms with van der Waals surface area (Å²) < 4.78 is 1.21. The monoisotopic (exact) mass is 336 g/mol. The van der Waals surface area contributed by atoms with Gasteiger partial charge in [-0.3, -0.25) is 0 Å². The first-order chi connectivity index (χ1) is 9.56. The largest absolute Gasteiger partial charge is 0.309 e. The lowest BCUT2D eigenvalue weighted by Crippen LogP contribution is -2.42. The maximum absolute atomic E-state index is 3.85. The zero-order valence-corrected chi connectivity index (χ0v) is 14.2. The Labute approximate surface area is 131 Å². The third-order valence-electron chi connectivity index (χ3n) is 5.15. The Kier molecular flexibility index (Phi) is 4.21. The minimum atomic E-state index is 0.477. The molecule has 110 valence electrons. The van der Waals surface area contributed by atoms with Crippen LogP contribution in [-0.4, -0.2) is 31.6 Å². The predicted molar refractivity (Wildman–Crippen MR) is 88.0 cm³/mol. The van der Waals surface area contributed by atoms with Crippen LogP contribution in [-0.2, 0) is 6.42 Å². The molecule has 0 aromatic heterocycles. The van der Waals surface area contributed by atoms with E-state index in [1.807, 2.05) is 0 Å². The number of hydrogen-bond donors (Lipinski definition) is 1. The number of aryl methyl sites for hydroxylation is 1. The van der Waals surface area contributed by atoms with E-state index in [0.29, 0.717) is 11.5 Å². The first-order valence-electron chi connectivity index (χ1n) is 7.76. The molecule has 0 bridgehead atoms. The summed E-state index contributed by atoms with van der Waals surface area (Å²) in [6.45, 7) is 6.09. The first kappa shape index (κ1) is 14.6. The van der Waals surface area contributed by atoms with Crippen molar-refractivity contribution < 1.29 is 0 Å². The minimum absolute atomic E-state index is 0.477. The Morgan fingerprint density at radius 1 is 1.35 bits per heavy atom. The number of rotatable bonds is 3. The topological polar surface area (TPSA) is 15.3 Å². The quantitative estimate of drug-likeness (QED) is 0.904. The van der Waals surface area contributed by atoms with Gasteiger partial charge in [0, 0.05) is 17.1 Å². The highest BCUT2D eigenvalue weighted by atomic mass is 79.9. The van der Waals surface area contributed by atoms with Crippen molar-refractivity contribution in [3.63, 3.8) is 0 Å². The van der Waals surface area contributed by atoms with E-state index in [4.69, 9.17) is 0 Å². The summed E-state index contributed by atoms with van der Waals surface area (Å²) in [4.78, 5) is 2.45. The van der Waals surface area contributed by atoms with Gasteiger partial charge in [-0.05, 0) is 74.5 Å². The highest BCUT2D eigenvalue weighted by Gasteiger charge is 2.30. The second-order valence-corrected chi connectivity index (χ2v) is 7.84. The summed E-state index contributed by atoms with van der Waals surface area (Å²) in [5.41, 5.74) is 3.51. The molecule has 1 fully saturated rings. The van der Waals surface area contributed by atoms with E-state index in [1.165, 1.54) is 54.4 Å². The number of piperidine rings is 1.